The quantitative estimate of drug-likeness (QED) is 0.169. The van der Waals surface area contributed by atoms with Crippen molar-refractivity contribution in [2.75, 3.05) is 26.8 Å². The van der Waals surface area contributed by atoms with Crippen molar-refractivity contribution < 1.29 is 23.4 Å². The van der Waals surface area contributed by atoms with Gasteiger partial charge in [-0.1, -0.05) is 25.4 Å². The maximum atomic E-state index is 12.2. The molecule has 0 amide bonds. The van der Waals surface area contributed by atoms with E-state index in [0.717, 1.165) is 81.1 Å². The van der Waals surface area contributed by atoms with Crippen LogP contribution in [0.2, 0.25) is 5.02 Å². The van der Waals surface area contributed by atoms with Crippen molar-refractivity contribution in [2.45, 2.75) is 84.1 Å². The highest BCUT2D eigenvalue weighted by atomic mass is 35.5. The van der Waals surface area contributed by atoms with Crippen LogP contribution >= 0.6 is 11.6 Å². The summed E-state index contributed by atoms with van der Waals surface area (Å²) in [6.45, 7) is 8.44. The number of imidazole rings is 1. The monoisotopic (exact) mass is 635 g/mol. The fourth-order valence-corrected chi connectivity index (χ4v) is 6.26. The first-order chi connectivity index (χ1) is 22.0. The lowest BCUT2D eigenvalue weighted by atomic mass is 9.93. The van der Waals surface area contributed by atoms with Gasteiger partial charge in [0.25, 0.3) is 0 Å². The molecule has 3 fully saturated rings. The number of piperidine rings is 1. The zero-order chi connectivity index (χ0) is 31.3. The van der Waals surface area contributed by atoms with Crippen molar-refractivity contribution in [1.29, 1.82) is 0 Å². The average molecular weight is 636 g/mol. The van der Waals surface area contributed by atoms with E-state index in [1.165, 1.54) is 25.5 Å². The number of carbonyl (C=O) groups is 1. The highest BCUT2D eigenvalue weighted by molar-refractivity contribution is 6.31. The molecule has 0 bridgehead atoms. The minimum Gasteiger partial charge on any atom is -0.467 e. The van der Waals surface area contributed by atoms with Gasteiger partial charge in [-0.3, -0.25) is 4.90 Å². The van der Waals surface area contributed by atoms with Gasteiger partial charge in [0.1, 0.15) is 16.6 Å². The molecule has 11 heteroatoms. The topological polar surface area (TPSA) is 105 Å². The molecular weight excluding hydrogens is 594 g/mol. The summed E-state index contributed by atoms with van der Waals surface area (Å²) in [6.07, 6.45) is 10.3. The molecule has 7 rings (SSSR count). The number of methoxy groups -OCH3 is 1. The molecule has 5 heterocycles. The van der Waals surface area contributed by atoms with E-state index in [0.29, 0.717) is 34.2 Å². The van der Waals surface area contributed by atoms with Crippen molar-refractivity contribution in [3.8, 4) is 5.88 Å². The normalized spacial score (nSPS) is 18.7. The lowest BCUT2D eigenvalue weighted by Gasteiger charge is -2.32. The van der Waals surface area contributed by atoms with Gasteiger partial charge in [-0.2, -0.15) is 0 Å². The van der Waals surface area contributed by atoms with Crippen molar-refractivity contribution in [3.63, 3.8) is 0 Å². The van der Waals surface area contributed by atoms with E-state index in [9.17, 15) is 4.79 Å². The molecule has 1 aliphatic carbocycles. The Morgan fingerprint density at radius 2 is 1.87 bits per heavy atom. The Morgan fingerprint density at radius 3 is 2.56 bits per heavy atom. The van der Waals surface area contributed by atoms with Crippen LogP contribution in [0.1, 0.15) is 85.3 Å². The second kappa shape index (κ2) is 14.3. The van der Waals surface area contributed by atoms with Crippen LogP contribution in [-0.4, -0.2) is 63.3 Å². The Balaban J connectivity index is 0.00000175. The largest absolute Gasteiger partial charge is 0.467 e. The number of carbonyl (C=O) groups excluding carboxylic acids is 1. The minimum absolute atomic E-state index is 0.182. The molecule has 2 aliphatic heterocycles. The van der Waals surface area contributed by atoms with E-state index in [1.807, 2.05) is 44.4 Å². The zero-order valence-corrected chi connectivity index (χ0v) is 27.1. The average Bonchev–Trinajstić information content (AvgIpc) is 3.72. The molecule has 1 unspecified atom stereocenters. The van der Waals surface area contributed by atoms with Gasteiger partial charge in [0.05, 0.1) is 49.1 Å². The van der Waals surface area contributed by atoms with Gasteiger partial charge in [-0.05, 0) is 86.9 Å². The van der Waals surface area contributed by atoms with Crippen LogP contribution in [0.3, 0.4) is 0 Å². The van der Waals surface area contributed by atoms with Crippen molar-refractivity contribution in [2.24, 2.45) is 5.92 Å². The molecule has 1 aromatic carbocycles. The molecule has 4 aromatic rings. The van der Waals surface area contributed by atoms with E-state index in [2.05, 4.69) is 19.4 Å². The molecule has 1 saturated carbocycles. The summed E-state index contributed by atoms with van der Waals surface area (Å²) in [7, 11) is 1.40. The Morgan fingerprint density at radius 1 is 1.07 bits per heavy atom. The van der Waals surface area contributed by atoms with Crippen LogP contribution in [0.5, 0.6) is 5.88 Å². The summed E-state index contributed by atoms with van der Waals surface area (Å²) in [6, 6.07) is 7.52. The first-order valence-corrected chi connectivity index (χ1v) is 16.5. The number of nitrogens with zero attached hydrogens (tertiary/aromatic N) is 5. The molecule has 0 spiro atoms. The highest BCUT2D eigenvalue weighted by Crippen LogP contribution is 2.41. The predicted molar refractivity (Wildman–Crippen MR) is 171 cm³/mol. The minimum atomic E-state index is -0.343. The highest BCUT2D eigenvalue weighted by Gasteiger charge is 2.27. The molecule has 3 aromatic heterocycles. The third kappa shape index (κ3) is 7.51. The fraction of sp³-hybridized carbons (Fsp3) is 0.529. The predicted octanol–water partition coefficient (Wildman–Crippen LogP) is 6.59. The number of aromatic nitrogens is 4. The molecule has 0 N–H and O–H groups in total. The number of benzene rings is 1. The van der Waals surface area contributed by atoms with Gasteiger partial charge >= 0.3 is 5.97 Å². The number of ether oxygens (including phenoxy) is 3. The van der Waals surface area contributed by atoms with Crippen molar-refractivity contribution >= 4 is 28.6 Å². The number of halogens is 1. The number of oxazole rings is 1. The third-order valence-electron chi connectivity index (χ3n) is 8.80. The second-order valence-electron chi connectivity index (χ2n) is 11.9. The van der Waals surface area contributed by atoms with E-state index in [1.54, 1.807) is 6.07 Å². The fourth-order valence-electron chi connectivity index (χ4n) is 6.03. The van der Waals surface area contributed by atoms with Crippen LogP contribution in [0.25, 0.3) is 11.0 Å². The molecule has 0 radical (unpaired) electrons. The zero-order valence-electron chi connectivity index (χ0n) is 26.3. The van der Waals surface area contributed by atoms with E-state index < -0.39 is 0 Å². The van der Waals surface area contributed by atoms with Gasteiger partial charge in [0.2, 0.25) is 11.8 Å². The number of hydrogen-bond acceptors (Lipinski definition) is 9. The lowest BCUT2D eigenvalue weighted by Crippen LogP contribution is -2.36. The summed E-state index contributed by atoms with van der Waals surface area (Å²) in [5, 5.41) is 0.529. The number of hydrogen-bond donors (Lipinski definition) is 0. The molecule has 1 atom stereocenters. The van der Waals surface area contributed by atoms with E-state index >= 15 is 0 Å². The number of likely N-dealkylation sites (tertiary alicyclic amines) is 1. The molecule has 2 saturated heterocycles. The Labute approximate surface area is 269 Å². The number of pyridine rings is 1. The SMILES string of the molecule is CC.COC(=O)c1ccc2nc(CN3CCC(Cc4cnc(COc5ncc(C6CC6)cc5Cl)o4)CC3)n(CC3CCO3)c2c1. The van der Waals surface area contributed by atoms with Crippen LogP contribution in [0.4, 0.5) is 0 Å². The van der Waals surface area contributed by atoms with Crippen LogP contribution < -0.4 is 4.74 Å². The Kier molecular flexibility index (Phi) is 10.0. The summed E-state index contributed by atoms with van der Waals surface area (Å²) >= 11 is 6.38. The molecule has 45 heavy (non-hydrogen) atoms. The van der Waals surface area contributed by atoms with E-state index in [-0.39, 0.29) is 18.7 Å². The van der Waals surface area contributed by atoms with Gasteiger partial charge < -0.3 is 23.2 Å². The molecular formula is C34H42ClN5O5. The number of esters is 1. The smallest absolute Gasteiger partial charge is 0.337 e. The summed E-state index contributed by atoms with van der Waals surface area (Å²) in [5.74, 6) is 3.60. The summed E-state index contributed by atoms with van der Waals surface area (Å²) in [4.78, 5) is 28.4. The van der Waals surface area contributed by atoms with Gasteiger partial charge in [-0.15, -0.1) is 0 Å². The van der Waals surface area contributed by atoms with Crippen molar-refractivity contribution in [3.05, 3.63) is 70.3 Å². The maximum absolute atomic E-state index is 12.2. The van der Waals surface area contributed by atoms with Crippen LogP contribution in [0.15, 0.2) is 41.1 Å². The first-order valence-electron chi connectivity index (χ1n) is 16.2. The molecule has 3 aliphatic rings. The van der Waals surface area contributed by atoms with Crippen LogP contribution in [0, 0.1) is 5.92 Å². The van der Waals surface area contributed by atoms with E-state index in [4.69, 9.17) is 35.2 Å². The van der Waals surface area contributed by atoms with Gasteiger partial charge in [0.15, 0.2) is 6.61 Å². The van der Waals surface area contributed by atoms with Gasteiger partial charge in [-0.25, -0.2) is 19.7 Å². The Bertz CT molecular complexity index is 1600. The Hall–Kier alpha value is -3.47. The van der Waals surface area contributed by atoms with Crippen LogP contribution in [-0.2, 0) is 35.6 Å². The molecule has 10 nitrogen and oxygen atoms in total. The third-order valence-corrected chi connectivity index (χ3v) is 9.07. The van der Waals surface area contributed by atoms with Gasteiger partial charge in [0, 0.05) is 19.2 Å². The molecule has 240 valence electrons. The summed E-state index contributed by atoms with van der Waals surface area (Å²) in [5.41, 5.74) is 3.54. The lowest BCUT2D eigenvalue weighted by molar-refractivity contribution is -0.0592. The summed E-state index contributed by atoms with van der Waals surface area (Å²) < 4.78 is 24.7. The maximum Gasteiger partial charge on any atom is 0.337 e. The number of rotatable bonds is 11. The first kappa shape index (κ1) is 31.5. The number of fused-ring (bicyclic) bond motifs is 1. The standard InChI is InChI=1S/C32H36ClN5O5.C2H6/c1-40-32(39)22-4-5-27-28(14-22)38(17-24-8-11-41-24)29(36-27)18-37-9-6-20(7-10-37)12-25-16-34-30(43-25)19-42-31-26(33)13-23(15-35-31)21-2-3-21;1-2/h4-5,13-16,20-21,24H,2-3,6-12,17-19H2,1H3;1-2H3. The van der Waals surface area contributed by atoms with Crippen molar-refractivity contribution in [1.82, 2.24) is 24.4 Å². The second-order valence-corrected chi connectivity index (χ2v) is 12.3.